The summed E-state index contributed by atoms with van der Waals surface area (Å²) in [5.41, 5.74) is -0.460. The van der Waals surface area contributed by atoms with Crippen molar-refractivity contribution in [2.24, 2.45) is 11.3 Å². The van der Waals surface area contributed by atoms with Crippen molar-refractivity contribution in [1.82, 2.24) is 9.80 Å². The molecule has 2 amide bonds. The van der Waals surface area contributed by atoms with Crippen LogP contribution in [-0.2, 0) is 19.4 Å². The highest BCUT2D eigenvalue weighted by Crippen LogP contribution is 2.25. The Morgan fingerprint density at radius 1 is 1.24 bits per heavy atom. The van der Waals surface area contributed by atoms with Gasteiger partial charge >= 0.3 is 0 Å². The van der Waals surface area contributed by atoms with Crippen molar-refractivity contribution in [3.63, 3.8) is 0 Å². The predicted molar refractivity (Wildman–Crippen MR) is 99.9 cm³/mol. The SMILES string of the molecule is CCN(C(=O)C1CCCN(C(=O)C(C)(C)C)C1)C(C)CS(=O)(=O)CC. The molecule has 0 aromatic rings. The first-order valence-electron chi connectivity index (χ1n) is 9.23. The molecule has 0 bridgehead atoms. The molecule has 0 spiro atoms. The Bertz CT molecular complexity index is 580. The topological polar surface area (TPSA) is 74.8 Å². The van der Waals surface area contributed by atoms with E-state index in [1.54, 1.807) is 23.6 Å². The molecule has 0 aliphatic carbocycles. The van der Waals surface area contributed by atoms with Gasteiger partial charge in [0.2, 0.25) is 11.8 Å². The molecule has 1 aliphatic rings. The number of carbonyl (C=O) groups is 2. The summed E-state index contributed by atoms with van der Waals surface area (Å²) in [6.07, 6.45) is 1.55. The second kappa shape index (κ2) is 8.52. The van der Waals surface area contributed by atoms with Gasteiger partial charge in [-0.1, -0.05) is 27.7 Å². The van der Waals surface area contributed by atoms with E-state index in [0.717, 1.165) is 12.8 Å². The Morgan fingerprint density at radius 3 is 2.32 bits per heavy atom. The van der Waals surface area contributed by atoms with Crippen molar-refractivity contribution < 1.29 is 18.0 Å². The largest absolute Gasteiger partial charge is 0.341 e. The van der Waals surface area contributed by atoms with Gasteiger partial charge in [-0.2, -0.15) is 0 Å². The molecule has 0 aromatic heterocycles. The Balaban J connectivity index is 2.83. The van der Waals surface area contributed by atoms with Crippen molar-refractivity contribution in [3.05, 3.63) is 0 Å². The maximum Gasteiger partial charge on any atom is 0.227 e. The number of likely N-dealkylation sites (tertiary alicyclic amines) is 1. The lowest BCUT2D eigenvalue weighted by molar-refractivity contribution is -0.145. The Morgan fingerprint density at radius 2 is 1.84 bits per heavy atom. The highest BCUT2D eigenvalue weighted by Gasteiger charge is 2.36. The van der Waals surface area contributed by atoms with Gasteiger partial charge in [0.25, 0.3) is 0 Å². The van der Waals surface area contributed by atoms with Crippen LogP contribution in [0.15, 0.2) is 0 Å². The van der Waals surface area contributed by atoms with Gasteiger partial charge in [-0.25, -0.2) is 8.42 Å². The maximum atomic E-state index is 13.0. The molecular formula is C18H34N2O4S. The normalized spacial score (nSPS) is 20.2. The zero-order valence-corrected chi connectivity index (χ0v) is 17.4. The van der Waals surface area contributed by atoms with Gasteiger partial charge in [0.15, 0.2) is 9.84 Å². The van der Waals surface area contributed by atoms with Crippen molar-refractivity contribution in [2.45, 2.75) is 60.4 Å². The minimum atomic E-state index is -3.14. The molecule has 0 radical (unpaired) electrons. The molecule has 146 valence electrons. The van der Waals surface area contributed by atoms with E-state index in [0.29, 0.717) is 19.6 Å². The third kappa shape index (κ3) is 5.97. The first-order valence-corrected chi connectivity index (χ1v) is 11.0. The van der Waals surface area contributed by atoms with Crippen LogP contribution in [0, 0.1) is 11.3 Å². The molecule has 0 aromatic carbocycles. The fourth-order valence-electron chi connectivity index (χ4n) is 3.33. The zero-order valence-electron chi connectivity index (χ0n) is 16.5. The lowest BCUT2D eigenvalue weighted by atomic mass is 9.90. The molecule has 0 N–H and O–H groups in total. The highest BCUT2D eigenvalue weighted by molar-refractivity contribution is 7.91. The Hall–Kier alpha value is -1.11. The third-order valence-electron chi connectivity index (χ3n) is 4.79. The van der Waals surface area contributed by atoms with Crippen LogP contribution >= 0.6 is 0 Å². The van der Waals surface area contributed by atoms with Crippen molar-refractivity contribution in [3.8, 4) is 0 Å². The number of rotatable bonds is 6. The second-order valence-corrected chi connectivity index (χ2v) is 10.4. The van der Waals surface area contributed by atoms with Gasteiger partial charge < -0.3 is 9.80 Å². The molecule has 1 aliphatic heterocycles. The Labute approximate surface area is 152 Å². The summed E-state index contributed by atoms with van der Waals surface area (Å²) in [7, 11) is -3.14. The van der Waals surface area contributed by atoms with Crippen LogP contribution in [0.1, 0.15) is 54.4 Å². The number of hydrogen-bond acceptors (Lipinski definition) is 4. The third-order valence-corrected chi connectivity index (χ3v) is 6.66. The molecule has 7 heteroatoms. The summed E-state index contributed by atoms with van der Waals surface area (Å²) in [5.74, 6) is -0.143. The number of piperidine rings is 1. The highest BCUT2D eigenvalue weighted by atomic mass is 32.2. The summed E-state index contributed by atoms with van der Waals surface area (Å²) in [4.78, 5) is 28.9. The first kappa shape index (κ1) is 21.9. The Kier molecular flexibility index (Phi) is 7.47. The maximum absolute atomic E-state index is 13.0. The summed E-state index contributed by atoms with van der Waals surface area (Å²) < 4.78 is 23.8. The van der Waals surface area contributed by atoms with Gasteiger partial charge in [-0.15, -0.1) is 0 Å². The fourth-order valence-corrected chi connectivity index (χ4v) is 4.48. The zero-order chi connectivity index (χ0) is 19.4. The molecule has 2 unspecified atom stereocenters. The average molecular weight is 375 g/mol. The number of carbonyl (C=O) groups excluding carboxylic acids is 2. The van der Waals surface area contributed by atoms with E-state index in [1.165, 1.54) is 0 Å². The van der Waals surface area contributed by atoms with Gasteiger partial charge in [0.05, 0.1) is 11.7 Å². The van der Waals surface area contributed by atoms with E-state index in [4.69, 9.17) is 0 Å². The summed E-state index contributed by atoms with van der Waals surface area (Å²) in [6, 6.07) is -0.351. The number of sulfone groups is 1. The quantitative estimate of drug-likeness (QED) is 0.712. The van der Waals surface area contributed by atoms with Crippen molar-refractivity contribution in [1.29, 1.82) is 0 Å². The molecule has 2 atom stereocenters. The minimum Gasteiger partial charge on any atom is -0.341 e. The van der Waals surface area contributed by atoms with E-state index >= 15 is 0 Å². The standard InChI is InChI=1S/C18H34N2O4S/c1-7-20(14(3)13-25(23,24)8-2)16(21)15-10-9-11-19(12-15)17(22)18(4,5)6/h14-15H,7-13H2,1-6H3. The fraction of sp³-hybridized carbons (Fsp3) is 0.889. The lowest BCUT2D eigenvalue weighted by Gasteiger charge is -2.38. The molecule has 6 nitrogen and oxygen atoms in total. The summed E-state index contributed by atoms with van der Waals surface area (Å²) in [6.45, 7) is 12.5. The monoisotopic (exact) mass is 374 g/mol. The molecular weight excluding hydrogens is 340 g/mol. The molecule has 25 heavy (non-hydrogen) atoms. The summed E-state index contributed by atoms with van der Waals surface area (Å²) >= 11 is 0. The van der Waals surface area contributed by atoms with Gasteiger partial charge in [-0.3, -0.25) is 9.59 Å². The smallest absolute Gasteiger partial charge is 0.227 e. The van der Waals surface area contributed by atoms with Crippen LogP contribution in [0.2, 0.25) is 0 Å². The predicted octanol–water partition coefficient (Wildman–Crippen LogP) is 1.94. The van der Waals surface area contributed by atoms with E-state index in [1.807, 2.05) is 27.7 Å². The first-order chi connectivity index (χ1) is 11.4. The van der Waals surface area contributed by atoms with Crippen LogP contribution in [0.3, 0.4) is 0 Å². The molecule has 0 saturated carbocycles. The van der Waals surface area contributed by atoms with Crippen LogP contribution in [0.4, 0.5) is 0 Å². The van der Waals surface area contributed by atoms with Gasteiger partial charge in [0, 0.05) is 36.8 Å². The van der Waals surface area contributed by atoms with Crippen molar-refractivity contribution in [2.75, 3.05) is 31.1 Å². The number of nitrogens with zero attached hydrogens (tertiary/aromatic N) is 2. The summed E-state index contributed by atoms with van der Waals surface area (Å²) in [5, 5.41) is 0. The average Bonchev–Trinajstić information content (AvgIpc) is 2.53. The van der Waals surface area contributed by atoms with Gasteiger partial charge in [0.1, 0.15) is 0 Å². The van der Waals surface area contributed by atoms with Crippen LogP contribution < -0.4 is 0 Å². The second-order valence-electron chi connectivity index (χ2n) is 8.01. The molecule has 1 fully saturated rings. The van der Waals surface area contributed by atoms with E-state index in [2.05, 4.69) is 0 Å². The number of hydrogen-bond donors (Lipinski definition) is 0. The lowest BCUT2D eigenvalue weighted by Crippen LogP contribution is -2.51. The van der Waals surface area contributed by atoms with E-state index in [9.17, 15) is 18.0 Å². The molecule has 1 heterocycles. The van der Waals surface area contributed by atoms with Crippen LogP contribution in [0.5, 0.6) is 0 Å². The van der Waals surface area contributed by atoms with E-state index < -0.39 is 15.3 Å². The number of amides is 2. The molecule has 1 rings (SSSR count). The van der Waals surface area contributed by atoms with Crippen LogP contribution in [0.25, 0.3) is 0 Å². The molecule has 1 saturated heterocycles. The van der Waals surface area contributed by atoms with Gasteiger partial charge in [-0.05, 0) is 26.7 Å². The van der Waals surface area contributed by atoms with Crippen LogP contribution in [-0.4, -0.2) is 67.2 Å². The minimum absolute atomic E-state index is 0.0135. The van der Waals surface area contributed by atoms with Crippen molar-refractivity contribution >= 4 is 21.7 Å². The van der Waals surface area contributed by atoms with E-state index in [-0.39, 0.29) is 35.3 Å².